The van der Waals surface area contributed by atoms with Gasteiger partial charge in [0, 0.05) is 30.2 Å². The third-order valence-electron chi connectivity index (χ3n) is 3.38. The Morgan fingerprint density at radius 1 is 1.39 bits per heavy atom. The Morgan fingerprint density at radius 3 is 2.72 bits per heavy atom. The molecule has 1 atom stereocenters. The van der Waals surface area contributed by atoms with E-state index < -0.39 is 0 Å². The molecule has 0 N–H and O–H groups in total. The van der Waals surface area contributed by atoms with E-state index in [1.165, 1.54) is 6.07 Å². The van der Waals surface area contributed by atoms with Crippen molar-refractivity contribution in [2.75, 3.05) is 13.2 Å². The number of ether oxygens (including phenoxy) is 1. The number of para-hydroxylation sites is 1. The van der Waals surface area contributed by atoms with Gasteiger partial charge in [0.25, 0.3) is 5.69 Å². The summed E-state index contributed by atoms with van der Waals surface area (Å²) in [5.41, 5.74) is 0.879. The van der Waals surface area contributed by atoms with Gasteiger partial charge in [0.2, 0.25) is 0 Å². The van der Waals surface area contributed by atoms with Crippen molar-refractivity contribution in [2.24, 2.45) is 5.92 Å². The molecule has 0 bridgehead atoms. The Hall–Kier alpha value is -1.13. The molecule has 1 aliphatic rings. The van der Waals surface area contributed by atoms with Gasteiger partial charge in [0.05, 0.1) is 4.92 Å². The molecule has 0 aromatic heterocycles. The lowest BCUT2D eigenvalue weighted by Crippen LogP contribution is -2.25. The van der Waals surface area contributed by atoms with Crippen LogP contribution in [0.15, 0.2) is 24.3 Å². The van der Waals surface area contributed by atoms with Gasteiger partial charge in [-0.15, -0.1) is 11.6 Å². The maximum Gasteiger partial charge on any atom is 0.272 e. The number of alkyl halides is 1. The van der Waals surface area contributed by atoms with E-state index in [4.69, 9.17) is 16.3 Å². The Labute approximate surface area is 111 Å². The number of hydrogen-bond donors (Lipinski definition) is 0. The van der Waals surface area contributed by atoms with Crippen LogP contribution in [0.1, 0.15) is 18.4 Å². The van der Waals surface area contributed by atoms with E-state index in [1.54, 1.807) is 12.1 Å². The molecule has 98 valence electrons. The molecule has 18 heavy (non-hydrogen) atoms. The normalized spacial score (nSPS) is 18.5. The molecule has 2 rings (SSSR count). The van der Waals surface area contributed by atoms with Crippen LogP contribution in [-0.2, 0) is 11.2 Å². The summed E-state index contributed by atoms with van der Waals surface area (Å²) >= 11 is 6.39. The van der Waals surface area contributed by atoms with E-state index >= 15 is 0 Å². The Bertz CT molecular complexity index is 418. The number of nitro groups is 1. The van der Waals surface area contributed by atoms with Crippen molar-refractivity contribution in [3.05, 3.63) is 39.9 Å². The first-order chi connectivity index (χ1) is 8.68. The molecular formula is C13H16ClNO3. The predicted molar refractivity (Wildman–Crippen MR) is 70.0 cm³/mol. The number of hydrogen-bond acceptors (Lipinski definition) is 3. The van der Waals surface area contributed by atoms with Gasteiger partial charge in [-0.25, -0.2) is 0 Å². The van der Waals surface area contributed by atoms with E-state index in [0.717, 1.165) is 26.1 Å². The van der Waals surface area contributed by atoms with Crippen LogP contribution in [0.2, 0.25) is 0 Å². The molecule has 1 heterocycles. The zero-order valence-electron chi connectivity index (χ0n) is 10.0. The second-order valence-electron chi connectivity index (χ2n) is 4.56. The van der Waals surface area contributed by atoms with Crippen LogP contribution in [0.25, 0.3) is 0 Å². The second kappa shape index (κ2) is 6.16. The molecular weight excluding hydrogens is 254 g/mol. The van der Waals surface area contributed by atoms with Crippen molar-refractivity contribution in [2.45, 2.75) is 24.6 Å². The average molecular weight is 270 g/mol. The summed E-state index contributed by atoms with van der Waals surface area (Å²) in [5, 5.41) is 10.9. The summed E-state index contributed by atoms with van der Waals surface area (Å²) in [6, 6.07) is 6.81. The largest absolute Gasteiger partial charge is 0.381 e. The van der Waals surface area contributed by atoms with Crippen LogP contribution < -0.4 is 0 Å². The Balaban J connectivity index is 2.06. The third-order valence-corrected chi connectivity index (χ3v) is 3.89. The minimum absolute atomic E-state index is 0.0602. The summed E-state index contributed by atoms with van der Waals surface area (Å²) in [6.07, 6.45) is 2.42. The number of nitrogens with zero attached hydrogens (tertiary/aromatic N) is 1. The first kappa shape index (κ1) is 13.3. The molecule has 5 heteroatoms. The van der Waals surface area contributed by atoms with Gasteiger partial charge in [-0.1, -0.05) is 18.2 Å². The Morgan fingerprint density at radius 2 is 2.06 bits per heavy atom. The number of halogens is 1. The van der Waals surface area contributed by atoms with Crippen molar-refractivity contribution in [1.29, 1.82) is 0 Å². The van der Waals surface area contributed by atoms with E-state index in [2.05, 4.69) is 0 Å². The molecule has 0 spiro atoms. The summed E-state index contributed by atoms with van der Waals surface area (Å²) in [5.74, 6) is 0.389. The maximum absolute atomic E-state index is 10.9. The fourth-order valence-electron chi connectivity index (χ4n) is 2.32. The van der Waals surface area contributed by atoms with Gasteiger partial charge in [-0.2, -0.15) is 0 Å². The zero-order valence-corrected chi connectivity index (χ0v) is 10.8. The van der Waals surface area contributed by atoms with Gasteiger partial charge >= 0.3 is 0 Å². The highest BCUT2D eigenvalue weighted by Gasteiger charge is 2.24. The predicted octanol–water partition coefficient (Wildman–Crippen LogP) is 3.17. The minimum atomic E-state index is -0.344. The highest BCUT2D eigenvalue weighted by atomic mass is 35.5. The average Bonchev–Trinajstić information content (AvgIpc) is 2.40. The molecule has 0 amide bonds. The number of benzene rings is 1. The SMILES string of the molecule is O=[N+]([O-])c1ccccc1CC(Cl)C1CCOCC1. The molecule has 4 nitrogen and oxygen atoms in total. The zero-order chi connectivity index (χ0) is 13.0. The van der Waals surface area contributed by atoms with Gasteiger partial charge in [-0.05, 0) is 25.2 Å². The van der Waals surface area contributed by atoms with Crippen LogP contribution in [0.5, 0.6) is 0 Å². The molecule has 1 unspecified atom stereocenters. The number of nitro benzene ring substituents is 1. The van der Waals surface area contributed by atoms with E-state index in [-0.39, 0.29) is 16.0 Å². The topological polar surface area (TPSA) is 52.4 Å². The molecule has 1 aliphatic heterocycles. The maximum atomic E-state index is 10.9. The summed E-state index contributed by atoms with van der Waals surface area (Å²) in [7, 11) is 0. The monoisotopic (exact) mass is 269 g/mol. The van der Waals surface area contributed by atoms with Gasteiger partial charge in [0.1, 0.15) is 0 Å². The fourth-order valence-corrected chi connectivity index (χ4v) is 2.73. The minimum Gasteiger partial charge on any atom is -0.381 e. The lowest BCUT2D eigenvalue weighted by molar-refractivity contribution is -0.385. The summed E-state index contributed by atoms with van der Waals surface area (Å²) < 4.78 is 5.30. The standard InChI is InChI=1S/C13H16ClNO3/c14-12(10-5-7-18-8-6-10)9-11-3-1-2-4-13(11)15(16)17/h1-4,10,12H,5-9H2. The fraction of sp³-hybridized carbons (Fsp3) is 0.538. The highest BCUT2D eigenvalue weighted by Crippen LogP contribution is 2.28. The smallest absolute Gasteiger partial charge is 0.272 e. The van der Waals surface area contributed by atoms with Crippen LogP contribution >= 0.6 is 11.6 Å². The quantitative estimate of drug-likeness (QED) is 0.479. The molecule has 0 radical (unpaired) electrons. The van der Waals surface area contributed by atoms with Crippen molar-refractivity contribution in [3.63, 3.8) is 0 Å². The molecule has 1 aromatic carbocycles. The molecule has 1 saturated heterocycles. The van der Waals surface area contributed by atoms with Crippen molar-refractivity contribution < 1.29 is 9.66 Å². The summed E-state index contributed by atoms with van der Waals surface area (Å²) in [6.45, 7) is 1.48. The Kier molecular flexibility index (Phi) is 4.55. The van der Waals surface area contributed by atoms with E-state index in [9.17, 15) is 10.1 Å². The highest BCUT2D eigenvalue weighted by molar-refractivity contribution is 6.21. The molecule has 0 saturated carbocycles. The molecule has 0 aliphatic carbocycles. The molecule has 1 fully saturated rings. The van der Waals surface area contributed by atoms with Gasteiger partial charge in [0.15, 0.2) is 0 Å². The lowest BCUT2D eigenvalue weighted by Gasteiger charge is -2.26. The van der Waals surface area contributed by atoms with Crippen molar-refractivity contribution >= 4 is 17.3 Å². The van der Waals surface area contributed by atoms with E-state index in [0.29, 0.717) is 17.9 Å². The first-order valence-corrected chi connectivity index (χ1v) is 6.56. The van der Waals surface area contributed by atoms with Gasteiger partial charge in [-0.3, -0.25) is 10.1 Å². The van der Waals surface area contributed by atoms with Crippen molar-refractivity contribution in [3.8, 4) is 0 Å². The van der Waals surface area contributed by atoms with Crippen molar-refractivity contribution in [1.82, 2.24) is 0 Å². The summed E-state index contributed by atoms with van der Waals surface area (Å²) in [4.78, 5) is 10.6. The van der Waals surface area contributed by atoms with Gasteiger partial charge < -0.3 is 4.74 Å². The van der Waals surface area contributed by atoms with Crippen LogP contribution in [0, 0.1) is 16.0 Å². The van der Waals surface area contributed by atoms with Crippen LogP contribution in [0.4, 0.5) is 5.69 Å². The van der Waals surface area contributed by atoms with Crippen LogP contribution in [-0.4, -0.2) is 23.5 Å². The van der Waals surface area contributed by atoms with Crippen LogP contribution in [0.3, 0.4) is 0 Å². The first-order valence-electron chi connectivity index (χ1n) is 6.12. The second-order valence-corrected chi connectivity index (χ2v) is 5.12. The molecule has 1 aromatic rings. The third kappa shape index (κ3) is 3.21. The van der Waals surface area contributed by atoms with E-state index in [1.807, 2.05) is 6.07 Å². The number of rotatable bonds is 4. The lowest BCUT2D eigenvalue weighted by atomic mass is 9.92.